The highest BCUT2D eigenvalue weighted by atomic mass is 31.3. The van der Waals surface area contributed by atoms with E-state index < -0.39 is 59.6 Å². The number of ether oxygens (including phenoxy) is 1. The van der Waals surface area contributed by atoms with Gasteiger partial charge in [0, 0.05) is 18.7 Å². The number of aromatic amines is 1. The lowest BCUT2D eigenvalue weighted by Crippen LogP contribution is -2.31. The van der Waals surface area contributed by atoms with Crippen LogP contribution in [0.2, 0.25) is 0 Å². The van der Waals surface area contributed by atoms with E-state index in [2.05, 4.69) is 8.83 Å². The van der Waals surface area contributed by atoms with Crippen molar-refractivity contribution in [2.24, 2.45) is 0 Å². The predicted molar refractivity (Wildman–Crippen MR) is 87.7 cm³/mol. The summed E-state index contributed by atoms with van der Waals surface area (Å²) in [5, 5.41) is 9.93. The second kappa shape index (κ2) is 8.40. The van der Waals surface area contributed by atoms with Gasteiger partial charge in [-0.25, -0.2) is 18.5 Å². The summed E-state index contributed by atoms with van der Waals surface area (Å²) >= 11 is 0. The Bertz CT molecular complexity index is 968. The molecule has 7 N–H and O–H groups in total. The topological polar surface area (TPSA) is 247 Å². The number of hydrogen-bond acceptors (Lipinski definition) is 9. The molecule has 2 rings (SSSR count). The van der Waals surface area contributed by atoms with Crippen LogP contribution in [-0.2, 0) is 27.3 Å². The van der Waals surface area contributed by atoms with Gasteiger partial charge in [-0.2, -0.15) is 4.31 Å². The molecule has 28 heavy (non-hydrogen) atoms. The normalized spacial score (nSPS) is 27.2. The fourth-order valence-electron chi connectivity index (χ4n) is 2.22. The summed E-state index contributed by atoms with van der Waals surface area (Å²) in [6.45, 7) is -0.813. The van der Waals surface area contributed by atoms with E-state index in [-0.39, 0.29) is 6.42 Å². The minimum Gasteiger partial charge on any atom is -0.390 e. The molecule has 5 atom stereocenters. The number of nitrogens with zero attached hydrogens (tertiary/aromatic N) is 1. The summed E-state index contributed by atoms with van der Waals surface area (Å²) in [4.78, 5) is 61.3. The molecule has 0 aliphatic carbocycles. The van der Waals surface area contributed by atoms with Gasteiger partial charge in [0.2, 0.25) is 0 Å². The summed E-state index contributed by atoms with van der Waals surface area (Å²) in [5.74, 6) is 0. The van der Waals surface area contributed by atoms with Crippen LogP contribution < -0.4 is 16.1 Å². The van der Waals surface area contributed by atoms with Gasteiger partial charge in [0.25, 0.3) is 5.56 Å². The lowest BCUT2D eigenvalue weighted by atomic mass is 10.2. The average Bonchev–Trinajstić information content (AvgIpc) is 2.82. The molecule has 0 amide bonds. The van der Waals surface area contributed by atoms with Crippen molar-refractivity contribution in [3.8, 4) is 0 Å². The molecule has 2 heterocycles. The van der Waals surface area contributed by atoms with Crippen molar-refractivity contribution in [2.45, 2.75) is 24.9 Å². The van der Waals surface area contributed by atoms with Gasteiger partial charge < -0.3 is 29.4 Å². The van der Waals surface area contributed by atoms with E-state index in [0.29, 0.717) is 0 Å². The first-order chi connectivity index (χ1) is 12.7. The zero-order valence-electron chi connectivity index (χ0n) is 13.6. The SMILES string of the molecule is O=c1ccn([C@H]2CC(O)[C@@H](COP(=O)(O)NP(=O)(O)OP(=O)(O)O)O2)c(=O)[nH]1. The Morgan fingerprint density at radius 2 is 1.86 bits per heavy atom. The number of aliphatic hydroxyl groups is 1. The third kappa shape index (κ3) is 6.81. The van der Waals surface area contributed by atoms with Crippen molar-refractivity contribution in [3.05, 3.63) is 33.1 Å². The number of aliphatic hydroxyl groups excluding tert-OH is 1. The van der Waals surface area contributed by atoms with Gasteiger partial charge in [0.1, 0.15) is 12.3 Å². The quantitative estimate of drug-likeness (QED) is 0.206. The second-order valence-corrected chi connectivity index (χ2v) is 10.2. The maximum atomic E-state index is 11.7. The van der Waals surface area contributed by atoms with Gasteiger partial charge in [-0.3, -0.25) is 18.9 Å². The zero-order valence-corrected chi connectivity index (χ0v) is 16.3. The molecule has 1 aromatic heterocycles. The maximum Gasteiger partial charge on any atom is 0.477 e. The number of phosphoric acid groups is 1. The molecular formula is C9H16N3O13P3. The summed E-state index contributed by atoms with van der Waals surface area (Å²) in [7, 11) is -16.0. The highest BCUT2D eigenvalue weighted by molar-refractivity contribution is 7.70. The first-order valence-electron chi connectivity index (χ1n) is 7.19. The summed E-state index contributed by atoms with van der Waals surface area (Å²) in [6.07, 6.45) is -2.62. The Morgan fingerprint density at radius 1 is 1.21 bits per heavy atom. The third-order valence-corrected chi connectivity index (χ3v) is 7.51. The fourth-order valence-corrected chi connectivity index (χ4v) is 5.70. The summed E-state index contributed by atoms with van der Waals surface area (Å²) in [5.41, 5.74) is -1.48. The lowest BCUT2D eigenvalue weighted by molar-refractivity contribution is -0.0426. The van der Waals surface area contributed by atoms with Gasteiger partial charge in [0.15, 0.2) is 0 Å². The molecule has 19 heteroatoms. The Balaban J connectivity index is 1.99. The third-order valence-electron chi connectivity index (χ3n) is 3.25. The molecule has 3 unspecified atom stereocenters. The Hall–Kier alpha value is -0.990. The first-order valence-corrected chi connectivity index (χ1v) is 11.9. The molecular weight excluding hydrogens is 451 g/mol. The lowest BCUT2D eigenvalue weighted by Gasteiger charge is -2.20. The van der Waals surface area contributed by atoms with E-state index in [9.17, 15) is 33.3 Å². The van der Waals surface area contributed by atoms with E-state index in [0.717, 1.165) is 21.7 Å². The highest BCUT2D eigenvalue weighted by Crippen LogP contribution is 2.60. The van der Waals surface area contributed by atoms with Crippen LogP contribution in [-0.4, -0.2) is 53.0 Å². The minimum absolute atomic E-state index is 0.150. The van der Waals surface area contributed by atoms with Crippen LogP contribution >= 0.6 is 23.3 Å². The van der Waals surface area contributed by atoms with E-state index in [1.165, 1.54) is 0 Å². The van der Waals surface area contributed by atoms with E-state index in [1.54, 1.807) is 0 Å². The largest absolute Gasteiger partial charge is 0.477 e. The number of aromatic nitrogens is 2. The van der Waals surface area contributed by atoms with E-state index in [1.807, 2.05) is 4.98 Å². The fraction of sp³-hybridized carbons (Fsp3) is 0.556. The van der Waals surface area contributed by atoms with Gasteiger partial charge in [-0.15, -0.1) is 4.86 Å². The van der Waals surface area contributed by atoms with Crippen molar-refractivity contribution >= 4 is 23.3 Å². The van der Waals surface area contributed by atoms with Crippen molar-refractivity contribution < 1.29 is 51.9 Å². The van der Waals surface area contributed by atoms with Crippen molar-refractivity contribution in [1.82, 2.24) is 14.4 Å². The second-order valence-electron chi connectivity index (χ2n) is 5.46. The molecule has 160 valence electrons. The van der Waals surface area contributed by atoms with Crippen LogP contribution in [0.4, 0.5) is 0 Å². The Labute approximate surface area is 155 Å². The van der Waals surface area contributed by atoms with Gasteiger partial charge in [-0.1, -0.05) is 0 Å². The summed E-state index contributed by atoms with van der Waals surface area (Å²) in [6, 6.07) is 1.03. The zero-order chi connectivity index (χ0) is 21.3. The van der Waals surface area contributed by atoms with Crippen LogP contribution in [0.1, 0.15) is 12.6 Å². The number of hydrogen-bond donors (Lipinski definition) is 7. The smallest absolute Gasteiger partial charge is 0.390 e. The van der Waals surface area contributed by atoms with Crippen molar-refractivity contribution in [1.29, 1.82) is 0 Å². The standard InChI is InChI=1S/C9H16N3O13P3/c13-5-3-8(12-2-1-7(14)10-9(12)15)24-6(5)4-23-26(16,17)11-27(18,19)25-28(20,21)22/h1-2,5-6,8,13H,3-4H2,(H,10,14,15)(H2,20,21,22)(H3,11,16,17,18,19)/t5?,6-,8-/m1/s1. The summed E-state index contributed by atoms with van der Waals surface area (Å²) < 4.78 is 47.9. The number of H-pyrrole nitrogens is 1. The van der Waals surface area contributed by atoms with Crippen LogP contribution in [0.5, 0.6) is 0 Å². The molecule has 1 aromatic rings. The van der Waals surface area contributed by atoms with Gasteiger partial charge >= 0.3 is 29.0 Å². The molecule has 1 aliphatic rings. The van der Waals surface area contributed by atoms with Crippen LogP contribution in [0, 0.1) is 0 Å². The Kier molecular flexibility index (Phi) is 6.99. The number of nitrogens with one attached hydrogen (secondary N) is 2. The number of rotatable bonds is 8. The molecule has 0 spiro atoms. The van der Waals surface area contributed by atoms with Gasteiger partial charge in [-0.05, 0) is 0 Å². The molecule has 0 saturated carbocycles. The maximum absolute atomic E-state index is 11.7. The molecule has 0 radical (unpaired) electrons. The van der Waals surface area contributed by atoms with Crippen LogP contribution in [0.15, 0.2) is 21.9 Å². The highest BCUT2D eigenvalue weighted by Gasteiger charge is 2.41. The Morgan fingerprint density at radius 3 is 2.43 bits per heavy atom. The molecule has 1 saturated heterocycles. The first kappa shape index (κ1) is 23.3. The van der Waals surface area contributed by atoms with Crippen LogP contribution in [0.25, 0.3) is 0 Å². The molecule has 0 aromatic carbocycles. The molecule has 0 bridgehead atoms. The average molecular weight is 467 g/mol. The van der Waals surface area contributed by atoms with E-state index in [4.69, 9.17) is 19.4 Å². The van der Waals surface area contributed by atoms with Gasteiger partial charge in [0.05, 0.1) is 12.7 Å². The van der Waals surface area contributed by atoms with E-state index >= 15 is 0 Å². The minimum atomic E-state index is -5.46. The van der Waals surface area contributed by atoms with Crippen molar-refractivity contribution in [3.63, 3.8) is 0 Å². The monoisotopic (exact) mass is 467 g/mol. The predicted octanol–water partition coefficient (Wildman–Crippen LogP) is -1.90. The van der Waals surface area contributed by atoms with Crippen LogP contribution in [0.3, 0.4) is 0 Å². The molecule has 16 nitrogen and oxygen atoms in total. The molecule has 1 aliphatic heterocycles. The van der Waals surface area contributed by atoms with Crippen molar-refractivity contribution in [2.75, 3.05) is 6.61 Å². The molecule has 1 fully saturated rings.